The molecule has 5 rings (SSSR count). The molecule has 7 nitrogen and oxygen atoms in total. The van der Waals surface area contributed by atoms with Gasteiger partial charge >= 0.3 is 5.97 Å². The van der Waals surface area contributed by atoms with Crippen LogP contribution in [-0.4, -0.2) is 38.6 Å². The maximum atomic E-state index is 12.4. The first kappa shape index (κ1) is 21.2. The summed E-state index contributed by atoms with van der Waals surface area (Å²) in [6.45, 7) is 0. The van der Waals surface area contributed by atoms with Gasteiger partial charge in [-0.1, -0.05) is 31.4 Å². The molecule has 0 aliphatic heterocycles. The predicted octanol–water partition coefficient (Wildman–Crippen LogP) is 4.73. The number of carboxylic acids is 1. The van der Waals surface area contributed by atoms with E-state index >= 15 is 0 Å². The van der Waals surface area contributed by atoms with E-state index in [0.29, 0.717) is 12.8 Å². The standard InChI is InChI=1S/C26H26N4O3/c31-23-15-22(26(23)10-2-1-3-11-26)30-21(25(32)33)14-17-4-6-19(7-5-17)29-24-20-16-27-12-8-18(20)9-13-28-24/h4-9,12-13,16,21H,1-3,10-11,14-15H2,(H,28,29)(H,32,33)/t21-/m0/s1. The van der Waals surface area contributed by atoms with Crippen LogP contribution in [0.15, 0.2) is 60.0 Å². The van der Waals surface area contributed by atoms with Gasteiger partial charge in [0, 0.05) is 48.2 Å². The number of aromatic nitrogens is 2. The smallest absolute Gasteiger partial charge is 0.328 e. The van der Waals surface area contributed by atoms with E-state index in [4.69, 9.17) is 0 Å². The molecule has 3 aromatic rings. The third-order valence-electron chi connectivity index (χ3n) is 6.93. The highest BCUT2D eigenvalue weighted by Crippen LogP contribution is 2.47. The Labute approximate surface area is 192 Å². The third kappa shape index (κ3) is 4.11. The van der Waals surface area contributed by atoms with Crippen molar-refractivity contribution in [3.63, 3.8) is 0 Å². The second-order valence-corrected chi connectivity index (χ2v) is 8.95. The number of nitrogens with one attached hydrogen (secondary N) is 1. The SMILES string of the molecule is O=C(O)[C@H](Cc1ccc(Nc2nccc3ccncc23)cc1)N=C1CC(=O)C12CCCCC2. The quantitative estimate of drug-likeness (QED) is 0.572. The van der Waals surface area contributed by atoms with Gasteiger partial charge in [0.05, 0.1) is 5.41 Å². The van der Waals surface area contributed by atoms with Crippen LogP contribution in [0.3, 0.4) is 0 Å². The number of carbonyl (C=O) groups is 2. The van der Waals surface area contributed by atoms with Gasteiger partial charge in [-0.05, 0) is 48.1 Å². The van der Waals surface area contributed by atoms with Crippen LogP contribution in [0.1, 0.15) is 44.1 Å². The van der Waals surface area contributed by atoms with Gasteiger partial charge in [0.15, 0.2) is 6.04 Å². The molecule has 2 fully saturated rings. The van der Waals surface area contributed by atoms with Gasteiger partial charge in [-0.25, -0.2) is 9.78 Å². The summed E-state index contributed by atoms with van der Waals surface area (Å²) in [4.78, 5) is 37.5. The average Bonchev–Trinajstić information content (AvgIpc) is 2.85. The highest BCUT2D eigenvalue weighted by Gasteiger charge is 2.52. The van der Waals surface area contributed by atoms with E-state index < -0.39 is 17.4 Å². The molecule has 1 atom stereocenters. The summed E-state index contributed by atoms with van der Waals surface area (Å²) in [5, 5.41) is 15.1. The molecule has 2 aliphatic rings. The molecule has 0 saturated heterocycles. The molecule has 1 aromatic carbocycles. The number of Topliss-reactive ketones (excluding diaryl/α,β-unsaturated/α-hetero) is 1. The Morgan fingerprint density at radius 3 is 2.58 bits per heavy atom. The Balaban J connectivity index is 1.31. The number of rotatable bonds is 6. The van der Waals surface area contributed by atoms with Gasteiger partial charge in [0.25, 0.3) is 0 Å². The van der Waals surface area contributed by atoms with Gasteiger partial charge in [-0.2, -0.15) is 0 Å². The number of ketones is 1. The summed E-state index contributed by atoms with van der Waals surface area (Å²) in [5.41, 5.74) is 2.06. The molecule has 2 N–H and O–H groups in total. The Morgan fingerprint density at radius 1 is 1.09 bits per heavy atom. The normalized spacial score (nSPS) is 19.4. The molecule has 168 valence electrons. The Kier molecular flexibility index (Phi) is 5.62. The number of hydrogen-bond acceptors (Lipinski definition) is 6. The fraction of sp³-hybridized carbons (Fsp3) is 0.346. The van der Waals surface area contributed by atoms with Crippen molar-refractivity contribution in [2.45, 2.75) is 51.0 Å². The molecular formula is C26H26N4O3. The minimum absolute atomic E-state index is 0.234. The van der Waals surface area contributed by atoms with Crippen LogP contribution >= 0.6 is 0 Å². The van der Waals surface area contributed by atoms with Crippen molar-refractivity contribution < 1.29 is 14.7 Å². The lowest BCUT2D eigenvalue weighted by atomic mass is 9.58. The second kappa shape index (κ2) is 8.73. The van der Waals surface area contributed by atoms with E-state index in [2.05, 4.69) is 20.3 Å². The van der Waals surface area contributed by atoms with E-state index in [-0.39, 0.29) is 5.78 Å². The molecule has 2 aromatic heterocycles. The van der Waals surface area contributed by atoms with Crippen LogP contribution in [0.4, 0.5) is 11.5 Å². The largest absolute Gasteiger partial charge is 0.480 e. The summed E-state index contributed by atoms with van der Waals surface area (Å²) < 4.78 is 0. The van der Waals surface area contributed by atoms with Crippen LogP contribution in [-0.2, 0) is 16.0 Å². The van der Waals surface area contributed by atoms with Crippen LogP contribution in [0.2, 0.25) is 0 Å². The first-order chi connectivity index (χ1) is 16.0. The van der Waals surface area contributed by atoms with Crippen molar-refractivity contribution in [2.24, 2.45) is 10.4 Å². The van der Waals surface area contributed by atoms with E-state index in [0.717, 1.165) is 65.7 Å². The maximum Gasteiger partial charge on any atom is 0.328 e. The Morgan fingerprint density at radius 2 is 1.85 bits per heavy atom. The lowest BCUT2D eigenvalue weighted by molar-refractivity contribution is -0.138. The number of benzene rings is 1. The van der Waals surface area contributed by atoms with Crippen LogP contribution < -0.4 is 5.32 Å². The molecule has 0 unspecified atom stereocenters. The number of hydrogen-bond donors (Lipinski definition) is 2. The summed E-state index contributed by atoms with van der Waals surface area (Å²) in [5.74, 6) is -0.00387. The zero-order valence-corrected chi connectivity index (χ0v) is 18.3. The molecule has 33 heavy (non-hydrogen) atoms. The highest BCUT2D eigenvalue weighted by atomic mass is 16.4. The minimum atomic E-state index is -0.956. The van der Waals surface area contributed by atoms with Crippen molar-refractivity contribution >= 4 is 39.7 Å². The number of carboxylic acid groups (broad SMARTS) is 1. The average molecular weight is 443 g/mol. The van der Waals surface area contributed by atoms with Gasteiger partial charge in [0.2, 0.25) is 0 Å². The van der Waals surface area contributed by atoms with Crippen molar-refractivity contribution in [3.8, 4) is 0 Å². The van der Waals surface area contributed by atoms with E-state index in [1.54, 1.807) is 18.6 Å². The maximum absolute atomic E-state index is 12.4. The Bertz CT molecular complexity index is 1220. The van der Waals surface area contributed by atoms with Gasteiger partial charge in [-0.15, -0.1) is 0 Å². The van der Waals surface area contributed by atoms with Crippen LogP contribution in [0.25, 0.3) is 10.8 Å². The lowest BCUT2D eigenvalue weighted by Crippen LogP contribution is -2.52. The monoisotopic (exact) mass is 442 g/mol. The number of fused-ring (bicyclic) bond motifs is 1. The highest BCUT2D eigenvalue weighted by molar-refractivity contribution is 6.27. The van der Waals surface area contributed by atoms with Crippen molar-refractivity contribution in [1.29, 1.82) is 0 Å². The zero-order valence-electron chi connectivity index (χ0n) is 18.3. The zero-order chi connectivity index (χ0) is 22.8. The molecular weight excluding hydrogens is 416 g/mol. The summed E-state index contributed by atoms with van der Waals surface area (Å²) >= 11 is 0. The van der Waals surface area contributed by atoms with Crippen molar-refractivity contribution in [3.05, 3.63) is 60.6 Å². The summed E-state index contributed by atoms with van der Waals surface area (Å²) in [6.07, 6.45) is 10.7. The molecule has 2 saturated carbocycles. The van der Waals surface area contributed by atoms with Gasteiger partial charge in [-0.3, -0.25) is 14.8 Å². The fourth-order valence-electron chi connectivity index (χ4n) is 5.01. The van der Waals surface area contributed by atoms with Crippen LogP contribution in [0.5, 0.6) is 0 Å². The topological polar surface area (TPSA) is 105 Å². The molecule has 0 bridgehead atoms. The van der Waals surface area contributed by atoms with Crippen LogP contribution in [0, 0.1) is 5.41 Å². The van der Waals surface area contributed by atoms with Gasteiger partial charge < -0.3 is 10.4 Å². The number of aliphatic imine (C=N–C) groups is 1. The molecule has 2 aliphatic carbocycles. The number of aliphatic carboxylic acids is 1. The molecule has 0 radical (unpaired) electrons. The number of pyridine rings is 2. The molecule has 0 amide bonds. The first-order valence-corrected chi connectivity index (χ1v) is 11.4. The number of carbonyl (C=O) groups excluding carboxylic acids is 1. The first-order valence-electron chi connectivity index (χ1n) is 11.4. The lowest BCUT2D eigenvalue weighted by Gasteiger charge is -2.44. The summed E-state index contributed by atoms with van der Waals surface area (Å²) in [7, 11) is 0. The van der Waals surface area contributed by atoms with E-state index in [1.807, 2.05) is 36.4 Å². The number of nitrogens with zero attached hydrogens (tertiary/aromatic N) is 3. The predicted molar refractivity (Wildman–Crippen MR) is 127 cm³/mol. The van der Waals surface area contributed by atoms with E-state index in [9.17, 15) is 14.7 Å². The third-order valence-corrected chi connectivity index (χ3v) is 6.93. The molecule has 2 heterocycles. The summed E-state index contributed by atoms with van der Waals surface area (Å²) in [6, 6.07) is 10.6. The van der Waals surface area contributed by atoms with E-state index in [1.165, 1.54) is 0 Å². The van der Waals surface area contributed by atoms with Gasteiger partial charge in [0.1, 0.15) is 11.6 Å². The van der Waals surface area contributed by atoms with Crippen molar-refractivity contribution in [1.82, 2.24) is 9.97 Å². The fourth-order valence-corrected chi connectivity index (χ4v) is 5.01. The number of anilines is 2. The van der Waals surface area contributed by atoms with Crippen molar-refractivity contribution in [2.75, 3.05) is 5.32 Å². The second-order valence-electron chi connectivity index (χ2n) is 8.95. The molecule has 7 heteroatoms. The minimum Gasteiger partial charge on any atom is -0.480 e. The Hall–Kier alpha value is -3.61. The molecule has 1 spiro atoms.